The molecule has 32 heavy (non-hydrogen) atoms. The summed E-state index contributed by atoms with van der Waals surface area (Å²) in [5, 5.41) is 1.10. The van der Waals surface area contributed by atoms with Gasteiger partial charge in [0, 0.05) is 15.6 Å². The van der Waals surface area contributed by atoms with Gasteiger partial charge in [0.2, 0.25) is 0 Å². The Balaban J connectivity index is 1.55. The Morgan fingerprint density at radius 2 is 1.69 bits per heavy atom. The average Bonchev–Trinajstić information content (AvgIpc) is 3.02. The molecule has 0 N–H and O–H groups in total. The number of nitrogens with zero attached hydrogens (tertiary/aromatic N) is 1. The number of thioether (sulfide) groups is 1. The minimum atomic E-state index is -0.409. The Hall–Kier alpha value is -1.96. The van der Waals surface area contributed by atoms with Crippen LogP contribution < -0.4 is 9.64 Å². The average molecular weight is 570 g/mol. The summed E-state index contributed by atoms with van der Waals surface area (Å²) in [4.78, 5) is 26.7. The van der Waals surface area contributed by atoms with E-state index in [2.05, 4.69) is 15.9 Å². The van der Waals surface area contributed by atoms with Crippen molar-refractivity contribution in [3.63, 3.8) is 0 Å². The van der Waals surface area contributed by atoms with Gasteiger partial charge in [-0.2, -0.15) is 0 Å². The van der Waals surface area contributed by atoms with Crippen LogP contribution in [0.5, 0.6) is 5.75 Å². The monoisotopic (exact) mass is 567 g/mol. The molecule has 0 spiro atoms. The van der Waals surface area contributed by atoms with Crippen LogP contribution in [0.25, 0.3) is 6.08 Å². The van der Waals surface area contributed by atoms with Crippen molar-refractivity contribution in [3.05, 3.63) is 96.2 Å². The van der Waals surface area contributed by atoms with Crippen molar-refractivity contribution in [1.29, 1.82) is 0 Å². The molecule has 0 atom stereocenters. The van der Waals surface area contributed by atoms with Crippen LogP contribution in [0, 0.1) is 0 Å². The number of ether oxygens (including phenoxy) is 1. The van der Waals surface area contributed by atoms with E-state index in [9.17, 15) is 9.59 Å². The predicted octanol–water partition coefficient (Wildman–Crippen LogP) is 8.23. The number of anilines is 1. The molecule has 4 rings (SSSR count). The molecule has 0 aliphatic carbocycles. The molecule has 3 aromatic rings. The summed E-state index contributed by atoms with van der Waals surface area (Å²) in [6.45, 7) is 0.247. The molecule has 0 saturated carbocycles. The zero-order chi connectivity index (χ0) is 22.8. The number of imide groups is 1. The van der Waals surface area contributed by atoms with Gasteiger partial charge in [-0.25, -0.2) is 4.90 Å². The second kappa shape index (κ2) is 9.89. The lowest BCUT2D eigenvalue weighted by molar-refractivity contribution is -0.113. The third-order valence-electron chi connectivity index (χ3n) is 4.53. The van der Waals surface area contributed by atoms with Gasteiger partial charge in [0.05, 0.1) is 20.1 Å². The van der Waals surface area contributed by atoms with Crippen LogP contribution in [-0.2, 0) is 11.4 Å². The van der Waals surface area contributed by atoms with Gasteiger partial charge in [-0.3, -0.25) is 9.59 Å². The minimum absolute atomic E-state index is 0.247. The smallest absolute Gasteiger partial charge is 0.298 e. The van der Waals surface area contributed by atoms with E-state index in [0.29, 0.717) is 36.5 Å². The maximum atomic E-state index is 12.8. The Morgan fingerprint density at radius 3 is 2.38 bits per heavy atom. The van der Waals surface area contributed by atoms with E-state index in [-0.39, 0.29) is 16.8 Å². The Kier molecular flexibility index (Phi) is 7.17. The SMILES string of the molecule is O=C1S/C(=C/c2cc(Cl)c(OCc3ccccc3Cl)c(Br)c2)C(=O)N1c1ccc(Cl)cc1. The van der Waals surface area contributed by atoms with Gasteiger partial charge < -0.3 is 4.74 Å². The topological polar surface area (TPSA) is 46.6 Å². The zero-order valence-corrected chi connectivity index (χ0v) is 20.8. The minimum Gasteiger partial charge on any atom is -0.486 e. The van der Waals surface area contributed by atoms with Crippen molar-refractivity contribution in [2.45, 2.75) is 6.61 Å². The van der Waals surface area contributed by atoms with Gasteiger partial charge in [-0.1, -0.05) is 53.0 Å². The summed E-state index contributed by atoms with van der Waals surface area (Å²) in [5.41, 5.74) is 1.94. The van der Waals surface area contributed by atoms with Gasteiger partial charge in [0.1, 0.15) is 6.61 Å². The van der Waals surface area contributed by atoms with Crippen LogP contribution in [0.4, 0.5) is 10.5 Å². The van der Waals surface area contributed by atoms with Gasteiger partial charge >= 0.3 is 0 Å². The van der Waals surface area contributed by atoms with Crippen LogP contribution in [0.2, 0.25) is 15.1 Å². The highest BCUT2D eigenvalue weighted by atomic mass is 79.9. The van der Waals surface area contributed by atoms with Gasteiger partial charge in [0.25, 0.3) is 11.1 Å². The molecular weight excluding hydrogens is 557 g/mol. The van der Waals surface area contributed by atoms with Crippen LogP contribution in [0.1, 0.15) is 11.1 Å². The van der Waals surface area contributed by atoms with E-state index < -0.39 is 5.91 Å². The maximum Gasteiger partial charge on any atom is 0.298 e. The summed E-state index contributed by atoms with van der Waals surface area (Å²) in [6.07, 6.45) is 1.62. The summed E-state index contributed by atoms with van der Waals surface area (Å²) in [6, 6.07) is 17.3. The molecule has 0 unspecified atom stereocenters. The molecule has 1 aliphatic rings. The van der Waals surface area contributed by atoms with Crippen molar-refractivity contribution in [2.24, 2.45) is 0 Å². The number of amides is 2. The van der Waals surface area contributed by atoms with E-state index in [4.69, 9.17) is 39.5 Å². The second-order valence-electron chi connectivity index (χ2n) is 6.69. The molecule has 1 saturated heterocycles. The first-order valence-corrected chi connectivity index (χ1v) is 12.0. The Morgan fingerprint density at radius 1 is 0.969 bits per heavy atom. The number of hydrogen-bond acceptors (Lipinski definition) is 4. The molecule has 4 nitrogen and oxygen atoms in total. The normalized spacial score (nSPS) is 15.0. The van der Waals surface area contributed by atoms with Crippen LogP contribution in [0.15, 0.2) is 70.0 Å². The lowest BCUT2D eigenvalue weighted by atomic mass is 10.2. The van der Waals surface area contributed by atoms with E-state index in [1.54, 1.807) is 48.5 Å². The van der Waals surface area contributed by atoms with Crippen LogP contribution >= 0.6 is 62.5 Å². The maximum absolute atomic E-state index is 12.8. The number of rotatable bonds is 5. The van der Waals surface area contributed by atoms with E-state index in [1.807, 2.05) is 18.2 Å². The number of halogens is 4. The number of hydrogen-bond donors (Lipinski definition) is 0. The molecule has 1 fully saturated rings. The second-order valence-corrected chi connectivity index (χ2v) is 9.79. The molecule has 0 radical (unpaired) electrons. The number of carbonyl (C=O) groups excluding carboxylic acids is 2. The van der Waals surface area contributed by atoms with Crippen molar-refractivity contribution in [1.82, 2.24) is 0 Å². The quantitative estimate of drug-likeness (QED) is 0.291. The molecule has 1 aliphatic heterocycles. The highest BCUT2D eigenvalue weighted by molar-refractivity contribution is 9.10. The fourth-order valence-electron chi connectivity index (χ4n) is 3.00. The fraction of sp³-hybridized carbons (Fsp3) is 0.0435. The van der Waals surface area contributed by atoms with Gasteiger partial charge in [0.15, 0.2) is 5.75 Å². The number of benzene rings is 3. The van der Waals surface area contributed by atoms with E-state index in [1.165, 1.54) is 0 Å². The molecule has 1 heterocycles. The van der Waals surface area contributed by atoms with Crippen molar-refractivity contribution in [2.75, 3.05) is 4.90 Å². The first-order valence-electron chi connectivity index (χ1n) is 9.22. The molecular formula is C23H13BrCl3NO3S. The fourth-order valence-corrected chi connectivity index (χ4v) is 5.14. The Labute approximate surface area is 212 Å². The third-order valence-corrected chi connectivity index (χ3v) is 6.89. The molecule has 0 bridgehead atoms. The van der Waals surface area contributed by atoms with E-state index in [0.717, 1.165) is 22.2 Å². The predicted molar refractivity (Wildman–Crippen MR) is 135 cm³/mol. The Bertz CT molecular complexity index is 1220. The molecule has 9 heteroatoms. The molecule has 162 valence electrons. The third kappa shape index (κ3) is 5.00. The first kappa shape index (κ1) is 23.2. The zero-order valence-electron chi connectivity index (χ0n) is 16.2. The largest absolute Gasteiger partial charge is 0.486 e. The summed E-state index contributed by atoms with van der Waals surface area (Å²) >= 11 is 22.8. The number of carbonyl (C=O) groups is 2. The highest BCUT2D eigenvalue weighted by Gasteiger charge is 2.36. The van der Waals surface area contributed by atoms with E-state index >= 15 is 0 Å². The van der Waals surface area contributed by atoms with Crippen molar-refractivity contribution < 1.29 is 14.3 Å². The van der Waals surface area contributed by atoms with Gasteiger partial charge in [-0.15, -0.1) is 0 Å². The molecule has 0 aromatic heterocycles. The van der Waals surface area contributed by atoms with Crippen LogP contribution in [-0.4, -0.2) is 11.1 Å². The van der Waals surface area contributed by atoms with Crippen LogP contribution in [0.3, 0.4) is 0 Å². The van der Waals surface area contributed by atoms with Crippen molar-refractivity contribution in [3.8, 4) is 5.75 Å². The molecule has 3 aromatic carbocycles. The first-order chi connectivity index (χ1) is 15.3. The summed E-state index contributed by atoms with van der Waals surface area (Å²) in [5.74, 6) is 0.0478. The van der Waals surface area contributed by atoms with Gasteiger partial charge in [-0.05, 0) is 81.8 Å². The standard InChI is InChI=1S/C23H13BrCl3NO3S/c24-17-9-13(10-19(27)21(17)31-12-14-3-1-2-4-18(14)26)11-20-22(29)28(23(30)32-20)16-7-5-15(25)6-8-16/h1-11H,12H2/b20-11+. The van der Waals surface area contributed by atoms with Crippen molar-refractivity contribution >= 4 is 85.4 Å². The highest BCUT2D eigenvalue weighted by Crippen LogP contribution is 2.39. The lowest BCUT2D eigenvalue weighted by Gasteiger charge is -2.13. The summed E-state index contributed by atoms with van der Waals surface area (Å²) in [7, 11) is 0. The lowest BCUT2D eigenvalue weighted by Crippen LogP contribution is -2.27. The molecule has 2 amide bonds. The summed E-state index contributed by atoms with van der Waals surface area (Å²) < 4.78 is 6.46.